The van der Waals surface area contributed by atoms with Crippen LogP contribution in [0.4, 0.5) is 0 Å². The van der Waals surface area contributed by atoms with E-state index in [-0.39, 0.29) is 19.1 Å². The zero-order valence-corrected chi connectivity index (χ0v) is 11.3. The van der Waals surface area contributed by atoms with Crippen LogP contribution in [0.2, 0.25) is 0 Å². The Morgan fingerprint density at radius 3 is 2.94 bits per heavy atom. The number of carboxylic acids is 1. The highest BCUT2D eigenvalue weighted by molar-refractivity contribution is 9.10. The van der Waals surface area contributed by atoms with Gasteiger partial charge in [-0.05, 0) is 28.9 Å². The second kappa shape index (κ2) is 4.74. The second-order valence-corrected chi connectivity index (χ2v) is 5.41. The molecule has 1 aliphatic rings. The van der Waals surface area contributed by atoms with Crippen molar-refractivity contribution in [3.8, 4) is 0 Å². The van der Waals surface area contributed by atoms with Crippen molar-refractivity contribution in [2.45, 2.75) is 13.0 Å². The minimum atomic E-state index is -1.08. The summed E-state index contributed by atoms with van der Waals surface area (Å²) in [4.78, 5) is 25.9. The van der Waals surface area contributed by atoms with Crippen LogP contribution >= 0.6 is 15.9 Å². The van der Waals surface area contributed by atoms with Crippen LogP contribution in [0.3, 0.4) is 0 Å². The van der Waals surface area contributed by atoms with E-state index in [1.807, 2.05) is 0 Å². The van der Waals surface area contributed by atoms with Crippen molar-refractivity contribution in [3.05, 3.63) is 22.4 Å². The Hall–Kier alpha value is -1.34. The van der Waals surface area contributed by atoms with E-state index in [1.165, 1.54) is 0 Å². The van der Waals surface area contributed by atoms with Crippen LogP contribution in [-0.4, -0.2) is 41.2 Å². The molecular formula is C11H13BrN2O4. The lowest BCUT2D eigenvalue weighted by Crippen LogP contribution is -2.49. The molecule has 98 valence electrons. The monoisotopic (exact) mass is 316 g/mol. The molecule has 2 heterocycles. The summed E-state index contributed by atoms with van der Waals surface area (Å²) in [5.41, 5.74) is -0.707. The molecule has 1 saturated heterocycles. The van der Waals surface area contributed by atoms with Gasteiger partial charge in [0, 0.05) is 10.7 Å². The van der Waals surface area contributed by atoms with E-state index in [9.17, 15) is 14.7 Å². The van der Waals surface area contributed by atoms with Crippen LogP contribution in [0.5, 0.6) is 0 Å². The number of rotatable bonds is 3. The number of aromatic nitrogens is 1. The predicted octanol–water partition coefficient (Wildman–Crippen LogP) is 0.997. The van der Waals surface area contributed by atoms with E-state index in [0.717, 1.165) is 4.47 Å². The minimum absolute atomic E-state index is 0.0989. The first-order valence-corrected chi connectivity index (χ1v) is 6.19. The van der Waals surface area contributed by atoms with Crippen LogP contribution in [0.25, 0.3) is 0 Å². The third-order valence-corrected chi connectivity index (χ3v) is 3.60. The molecule has 3 N–H and O–H groups in total. The van der Waals surface area contributed by atoms with Gasteiger partial charge in [-0.25, -0.2) is 0 Å². The van der Waals surface area contributed by atoms with Gasteiger partial charge >= 0.3 is 5.97 Å². The number of ether oxygens (including phenoxy) is 1. The summed E-state index contributed by atoms with van der Waals surface area (Å²) in [5.74, 6) is -1.32. The molecule has 6 nitrogen and oxygen atoms in total. The second-order valence-electron chi connectivity index (χ2n) is 4.50. The SMILES string of the molecule is CC1(C(=O)O)COCC1NC(=O)c1cc(Br)c[nH]1. The van der Waals surface area contributed by atoms with E-state index in [4.69, 9.17) is 4.74 Å². The summed E-state index contributed by atoms with van der Waals surface area (Å²) in [6, 6.07) is 1.09. The summed E-state index contributed by atoms with van der Waals surface area (Å²) >= 11 is 3.23. The maximum Gasteiger partial charge on any atom is 0.313 e. The van der Waals surface area contributed by atoms with Crippen molar-refractivity contribution < 1.29 is 19.4 Å². The number of hydrogen-bond donors (Lipinski definition) is 3. The number of hydrogen-bond acceptors (Lipinski definition) is 3. The van der Waals surface area contributed by atoms with Crippen molar-refractivity contribution in [1.82, 2.24) is 10.3 Å². The van der Waals surface area contributed by atoms with Crippen molar-refractivity contribution in [1.29, 1.82) is 0 Å². The van der Waals surface area contributed by atoms with Crippen LogP contribution in [0.1, 0.15) is 17.4 Å². The molecule has 1 fully saturated rings. The molecule has 2 unspecified atom stereocenters. The molecule has 0 bridgehead atoms. The first-order valence-electron chi connectivity index (χ1n) is 5.39. The number of carbonyl (C=O) groups excluding carboxylic acids is 1. The maximum atomic E-state index is 11.9. The highest BCUT2D eigenvalue weighted by atomic mass is 79.9. The lowest BCUT2D eigenvalue weighted by Gasteiger charge is -2.25. The number of carbonyl (C=O) groups is 2. The number of halogens is 1. The van der Waals surface area contributed by atoms with Crippen LogP contribution in [0, 0.1) is 5.41 Å². The van der Waals surface area contributed by atoms with Crippen LogP contribution in [-0.2, 0) is 9.53 Å². The van der Waals surface area contributed by atoms with Crippen LogP contribution < -0.4 is 5.32 Å². The average Bonchev–Trinajstić information content (AvgIpc) is 2.87. The summed E-state index contributed by atoms with van der Waals surface area (Å²) in [6.07, 6.45) is 1.64. The van der Waals surface area contributed by atoms with E-state index < -0.39 is 17.4 Å². The van der Waals surface area contributed by atoms with E-state index in [1.54, 1.807) is 19.2 Å². The van der Waals surface area contributed by atoms with E-state index >= 15 is 0 Å². The third kappa shape index (κ3) is 2.28. The number of H-pyrrole nitrogens is 1. The fourth-order valence-electron chi connectivity index (χ4n) is 1.82. The molecule has 18 heavy (non-hydrogen) atoms. The van der Waals surface area contributed by atoms with Gasteiger partial charge in [0.1, 0.15) is 11.1 Å². The summed E-state index contributed by atoms with van der Waals surface area (Å²) in [7, 11) is 0. The minimum Gasteiger partial charge on any atom is -0.481 e. The number of aromatic amines is 1. The van der Waals surface area contributed by atoms with Gasteiger partial charge in [-0.3, -0.25) is 9.59 Å². The van der Waals surface area contributed by atoms with Gasteiger partial charge in [-0.1, -0.05) is 0 Å². The Kier molecular flexibility index (Phi) is 3.45. The summed E-state index contributed by atoms with van der Waals surface area (Å²) in [5, 5.41) is 11.9. The van der Waals surface area contributed by atoms with Gasteiger partial charge < -0.3 is 20.1 Å². The zero-order valence-electron chi connectivity index (χ0n) is 9.70. The molecule has 0 spiro atoms. The molecule has 2 rings (SSSR count). The number of carboxylic acid groups (broad SMARTS) is 1. The van der Waals surface area contributed by atoms with Crippen molar-refractivity contribution >= 4 is 27.8 Å². The van der Waals surface area contributed by atoms with Crippen molar-refractivity contribution in [2.24, 2.45) is 5.41 Å². The largest absolute Gasteiger partial charge is 0.481 e. The molecule has 2 atom stereocenters. The molecule has 0 radical (unpaired) electrons. The van der Waals surface area contributed by atoms with E-state index in [0.29, 0.717) is 5.69 Å². The maximum absolute atomic E-state index is 11.9. The lowest BCUT2D eigenvalue weighted by molar-refractivity contribution is -0.148. The first-order chi connectivity index (χ1) is 8.43. The standard InChI is InChI=1S/C11H13BrN2O4/c1-11(10(16)17)5-18-4-8(11)14-9(15)7-2-6(12)3-13-7/h2-3,8,13H,4-5H2,1H3,(H,14,15)(H,16,17). The molecule has 0 saturated carbocycles. The number of nitrogens with one attached hydrogen (secondary N) is 2. The fraction of sp³-hybridized carbons (Fsp3) is 0.455. The van der Waals surface area contributed by atoms with Gasteiger partial charge in [0.05, 0.1) is 19.3 Å². The molecule has 1 aromatic rings. The fourth-order valence-corrected chi connectivity index (χ4v) is 2.16. The molecule has 0 aromatic carbocycles. The van der Waals surface area contributed by atoms with Gasteiger partial charge in [0.2, 0.25) is 0 Å². The Labute approximate surface area is 112 Å². The molecule has 7 heteroatoms. The lowest BCUT2D eigenvalue weighted by atomic mass is 9.85. The Bertz CT molecular complexity index is 487. The molecule has 1 amide bonds. The van der Waals surface area contributed by atoms with Gasteiger partial charge in [0.25, 0.3) is 5.91 Å². The molecular weight excluding hydrogens is 304 g/mol. The van der Waals surface area contributed by atoms with Gasteiger partial charge in [-0.2, -0.15) is 0 Å². The molecule has 0 aliphatic carbocycles. The topological polar surface area (TPSA) is 91.4 Å². The molecule has 1 aliphatic heterocycles. The summed E-state index contributed by atoms with van der Waals surface area (Å²) in [6.45, 7) is 1.87. The normalized spacial score (nSPS) is 27.1. The highest BCUT2D eigenvalue weighted by Gasteiger charge is 2.47. The Balaban J connectivity index is 2.10. The third-order valence-electron chi connectivity index (χ3n) is 3.14. The quantitative estimate of drug-likeness (QED) is 0.775. The van der Waals surface area contributed by atoms with Gasteiger partial charge in [-0.15, -0.1) is 0 Å². The van der Waals surface area contributed by atoms with E-state index in [2.05, 4.69) is 26.2 Å². The average molecular weight is 317 g/mol. The Morgan fingerprint density at radius 2 is 2.39 bits per heavy atom. The predicted molar refractivity (Wildman–Crippen MR) is 66.3 cm³/mol. The highest BCUT2D eigenvalue weighted by Crippen LogP contribution is 2.29. The first kappa shape index (κ1) is 13.1. The number of aliphatic carboxylic acids is 1. The number of amides is 1. The van der Waals surface area contributed by atoms with Gasteiger partial charge in [0.15, 0.2) is 0 Å². The smallest absolute Gasteiger partial charge is 0.313 e. The van der Waals surface area contributed by atoms with Crippen LogP contribution in [0.15, 0.2) is 16.7 Å². The van der Waals surface area contributed by atoms with Crippen molar-refractivity contribution in [2.75, 3.05) is 13.2 Å². The zero-order chi connectivity index (χ0) is 13.3. The Morgan fingerprint density at radius 1 is 1.67 bits per heavy atom. The summed E-state index contributed by atoms with van der Waals surface area (Å²) < 4.78 is 5.92. The molecule has 1 aromatic heterocycles. The van der Waals surface area contributed by atoms with Crippen molar-refractivity contribution in [3.63, 3.8) is 0 Å².